The van der Waals surface area contributed by atoms with Crippen molar-refractivity contribution in [2.75, 3.05) is 45.0 Å². The van der Waals surface area contributed by atoms with Crippen molar-refractivity contribution < 1.29 is 19.4 Å². The number of carbonyl (C=O) groups excluding carboxylic acids is 1. The maximum atomic E-state index is 11.2. The van der Waals surface area contributed by atoms with Gasteiger partial charge in [-0.25, -0.2) is 0 Å². The van der Waals surface area contributed by atoms with Gasteiger partial charge in [-0.05, 0) is 57.0 Å². The zero-order valence-electron chi connectivity index (χ0n) is 17.6. The van der Waals surface area contributed by atoms with Crippen molar-refractivity contribution in [3.8, 4) is 17.0 Å². The minimum Gasteiger partial charge on any atom is -0.467 e. The number of aliphatic hydroxyl groups excluding tert-OH is 1. The molecule has 1 aromatic carbocycles. The van der Waals surface area contributed by atoms with Gasteiger partial charge in [0.05, 0.1) is 12.3 Å². The largest absolute Gasteiger partial charge is 0.467 e. The zero-order chi connectivity index (χ0) is 21.3. The van der Waals surface area contributed by atoms with Crippen LogP contribution in [0.15, 0.2) is 24.3 Å². The number of nitrogens with one attached hydrogen (secondary N) is 1. The van der Waals surface area contributed by atoms with Crippen LogP contribution in [-0.4, -0.2) is 72.2 Å². The fraction of sp³-hybridized carbons (Fsp3) is 0.500. The Balaban J connectivity index is 1.77. The third-order valence-electron chi connectivity index (χ3n) is 5.16. The number of anilines is 1. The number of aliphatic hydroxyl groups is 1. The Bertz CT molecular complexity index is 844. The van der Waals surface area contributed by atoms with Gasteiger partial charge in [0, 0.05) is 36.9 Å². The maximum absolute atomic E-state index is 11.2. The molecule has 1 fully saturated rings. The Morgan fingerprint density at radius 2 is 2.20 bits per heavy atom. The number of ether oxygens (including phenoxy) is 2. The van der Waals surface area contributed by atoms with Gasteiger partial charge in [0.2, 0.25) is 0 Å². The number of hydrogen-bond acceptors (Lipinski definition) is 8. The summed E-state index contributed by atoms with van der Waals surface area (Å²) in [5.74, 6) is 1.27. The Morgan fingerprint density at radius 1 is 1.33 bits per heavy atom. The second-order valence-electron chi connectivity index (χ2n) is 7.40. The summed E-state index contributed by atoms with van der Waals surface area (Å²) in [6, 6.07) is 7.51. The molecule has 2 heterocycles. The smallest absolute Gasteiger partial charge is 0.189 e. The van der Waals surface area contributed by atoms with Crippen LogP contribution in [0.4, 0.5) is 5.82 Å². The van der Waals surface area contributed by atoms with Gasteiger partial charge >= 0.3 is 0 Å². The van der Waals surface area contributed by atoms with Crippen LogP contribution in [0.3, 0.4) is 0 Å². The van der Waals surface area contributed by atoms with E-state index in [0.29, 0.717) is 30.2 Å². The van der Waals surface area contributed by atoms with Crippen LogP contribution in [0.5, 0.6) is 5.75 Å². The average molecular weight is 415 g/mol. The molecule has 0 unspecified atom stereocenters. The lowest BCUT2D eigenvalue weighted by Gasteiger charge is -2.32. The molecule has 0 amide bonds. The Kier molecular flexibility index (Phi) is 8.12. The summed E-state index contributed by atoms with van der Waals surface area (Å²) in [5.41, 5.74) is 2.95. The van der Waals surface area contributed by atoms with Crippen LogP contribution in [-0.2, 0) is 4.74 Å². The minimum absolute atomic E-state index is 0.101. The van der Waals surface area contributed by atoms with E-state index in [0.717, 1.165) is 49.2 Å². The van der Waals surface area contributed by atoms with Crippen LogP contribution in [0.1, 0.15) is 35.7 Å². The van der Waals surface area contributed by atoms with Crippen molar-refractivity contribution in [2.45, 2.75) is 32.7 Å². The molecule has 3 rings (SSSR count). The standard InChI is InChI=1S/C22H30N4O4/c1-3-29-15-30-20-12-17(14-28)6-7-19(20)22-16(2)11-21(24-25-22)23-18-5-4-8-26(13-18)9-10-27/h6-7,11-12,14,18,27H,3-5,8-10,13,15H2,1-2H3,(H,23,24)/t18-/m1/s1. The highest BCUT2D eigenvalue weighted by atomic mass is 16.7. The van der Waals surface area contributed by atoms with Gasteiger partial charge in [0.1, 0.15) is 17.9 Å². The van der Waals surface area contributed by atoms with Gasteiger partial charge in [-0.15, -0.1) is 10.2 Å². The van der Waals surface area contributed by atoms with Gasteiger partial charge in [-0.1, -0.05) is 6.07 Å². The predicted octanol–water partition coefficient (Wildman–Crippen LogP) is 2.51. The van der Waals surface area contributed by atoms with Crippen LogP contribution >= 0.6 is 0 Å². The van der Waals surface area contributed by atoms with Crippen LogP contribution in [0, 0.1) is 6.92 Å². The molecule has 2 aromatic rings. The number of rotatable bonds is 10. The molecule has 1 aromatic heterocycles. The van der Waals surface area contributed by atoms with Gasteiger partial charge < -0.3 is 19.9 Å². The zero-order valence-corrected chi connectivity index (χ0v) is 17.6. The van der Waals surface area contributed by atoms with Crippen molar-refractivity contribution >= 4 is 12.1 Å². The van der Waals surface area contributed by atoms with Gasteiger partial charge in [-0.3, -0.25) is 9.69 Å². The van der Waals surface area contributed by atoms with E-state index < -0.39 is 0 Å². The molecule has 1 aliphatic heterocycles. The van der Waals surface area contributed by atoms with E-state index >= 15 is 0 Å². The molecule has 8 heteroatoms. The van der Waals surface area contributed by atoms with E-state index in [1.165, 1.54) is 0 Å². The van der Waals surface area contributed by atoms with E-state index in [4.69, 9.17) is 9.47 Å². The van der Waals surface area contributed by atoms with Gasteiger partial charge in [-0.2, -0.15) is 0 Å². The molecule has 1 aliphatic rings. The van der Waals surface area contributed by atoms with E-state index in [-0.39, 0.29) is 19.4 Å². The molecule has 0 spiro atoms. The fourth-order valence-corrected chi connectivity index (χ4v) is 3.66. The first-order valence-corrected chi connectivity index (χ1v) is 10.4. The summed E-state index contributed by atoms with van der Waals surface area (Å²) in [7, 11) is 0. The lowest BCUT2D eigenvalue weighted by Crippen LogP contribution is -2.43. The lowest BCUT2D eigenvalue weighted by molar-refractivity contribution is 0.0227. The number of benzene rings is 1. The number of aromatic nitrogens is 2. The first kappa shape index (κ1) is 22.1. The van der Waals surface area contributed by atoms with E-state index in [9.17, 15) is 9.90 Å². The summed E-state index contributed by atoms with van der Waals surface area (Å²) in [6.07, 6.45) is 2.94. The van der Waals surface area contributed by atoms with Crippen LogP contribution < -0.4 is 10.1 Å². The molecule has 0 radical (unpaired) electrons. The number of β-amino-alcohol motifs (C(OH)–C–C–N with tert-alkyl or cyclic N) is 1. The number of carbonyl (C=O) groups is 1. The monoisotopic (exact) mass is 414 g/mol. The second-order valence-corrected chi connectivity index (χ2v) is 7.40. The van der Waals surface area contributed by atoms with E-state index in [2.05, 4.69) is 20.4 Å². The normalized spacial score (nSPS) is 17.0. The minimum atomic E-state index is 0.101. The molecule has 162 valence electrons. The topological polar surface area (TPSA) is 96.8 Å². The molecular formula is C22H30N4O4. The number of nitrogens with zero attached hydrogens (tertiary/aromatic N) is 3. The molecule has 1 atom stereocenters. The summed E-state index contributed by atoms with van der Waals surface area (Å²) < 4.78 is 11.0. The third kappa shape index (κ3) is 5.75. The highest BCUT2D eigenvalue weighted by Gasteiger charge is 2.20. The molecule has 2 N–H and O–H groups in total. The number of aryl methyl sites for hydroxylation is 1. The molecule has 30 heavy (non-hydrogen) atoms. The summed E-state index contributed by atoms with van der Waals surface area (Å²) in [5, 5.41) is 21.5. The van der Waals surface area contributed by atoms with Crippen molar-refractivity contribution in [1.82, 2.24) is 15.1 Å². The predicted molar refractivity (Wildman–Crippen MR) is 115 cm³/mol. The van der Waals surface area contributed by atoms with Crippen molar-refractivity contribution in [3.05, 3.63) is 35.4 Å². The maximum Gasteiger partial charge on any atom is 0.189 e. The van der Waals surface area contributed by atoms with E-state index in [1.54, 1.807) is 12.1 Å². The van der Waals surface area contributed by atoms with Crippen molar-refractivity contribution in [2.24, 2.45) is 0 Å². The molecule has 8 nitrogen and oxygen atoms in total. The molecule has 1 saturated heterocycles. The fourth-order valence-electron chi connectivity index (χ4n) is 3.66. The number of piperidine rings is 1. The van der Waals surface area contributed by atoms with Crippen molar-refractivity contribution in [1.29, 1.82) is 0 Å². The molecule has 0 bridgehead atoms. The SMILES string of the molecule is CCOCOc1cc(C=O)ccc1-c1nnc(N[C@@H]2CCCN(CCO)C2)cc1C. The summed E-state index contributed by atoms with van der Waals surface area (Å²) >= 11 is 0. The summed E-state index contributed by atoms with van der Waals surface area (Å²) in [4.78, 5) is 13.4. The van der Waals surface area contributed by atoms with Gasteiger partial charge in [0.15, 0.2) is 6.79 Å². The Labute approximate surface area is 177 Å². The summed E-state index contributed by atoms with van der Waals surface area (Å²) in [6.45, 7) is 7.29. The molecule has 0 aliphatic carbocycles. The lowest BCUT2D eigenvalue weighted by atomic mass is 10.0. The van der Waals surface area contributed by atoms with Gasteiger partial charge in [0.25, 0.3) is 0 Å². The Morgan fingerprint density at radius 3 is 2.93 bits per heavy atom. The first-order chi connectivity index (χ1) is 14.6. The second kappa shape index (κ2) is 11.0. The average Bonchev–Trinajstić information content (AvgIpc) is 2.75. The van der Waals surface area contributed by atoms with Crippen LogP contribution in [0.2, 0.25) is 0 Å². The Hall–Kier alpha value is -2.55. The molecular weight excluding hydrogens is 384 g/mol. The number of likely N-dealkylation sites (tertiary alicyclic amines) is 1. The number of aldehydes is 1. The third-order valence-corrected chi connectivity index (χ3v) is 5.16. The first-order valence-electron chi connectivity index (χ1n) is 10.4. The quantitative estimate of drug-likeness (QED) is 0.348. The van der Waals surface area contributed by atoms with Crippen molar-refractivity contribution in [3.63, 3.8) is 0 Å². The van der Waals surface area contributed by atoms with Crippen LogP contribution in [0.25, 0.3) is 11.3 Å². The molecule has 0 saturated carbocycles. The number of hydrogen-bond donors (Lipinski definition) is 2. The highest BCUT2D eigenvalue weighted by molar-refractivity contribution is 5.80. The van der Waals surface area contributed by atoms with E-state index in [1.807, 2.05) is 26.0 Å². The highest BCUT2D eigenvalue weighted by Crippen LogP contribution is 2.32.